The van der Waals surface area contributed by atoms with Gasteiger partial charge in [-0.2, -0.15) is 0 Å². The maximum absolute atomic E-state index is 13.1. The molecule has 0 spiro atoms. The van der Waals surface area contributed by atoms with Gasteiger partial charge in [0.05, 0.1) is 25.4 Å². The molecule has 0 amide bonds. The number of rotatable bonds is 7. The van der Waals surface area contributed by atoms with Gasteiger partial charge in [0, 0.05) is 10.9 Å². The van der Waals surface area contributed by atoms with Gasteiger partial charge in [-0.3, -0.25) is 9.36 Å². The topological polar surface area (TPSA) is 73.6 Å². The van der Waals surface area contributed by atoms with Crippen LogP contribution in [-0.4, -0.2) is 34.5 Å². The molecule has 2 aromatic heterocycles. The van der Waals surface area contributed by atoms with Crippen molar-refractivity contribution in [1.29, 1.82) is 0 Å². The third-order valence-electron chi connectivity index (χ3n) is 4.83. The molecule has 2 heterocycles. The number of aliphatic hydroxyl groups is 1. The molecule has 1 atom stereocenters. The minimum Gasteiger partial charge on any atom is -0.497 e. The Balaban J connectivity index is 1.52. The SMILES string of the molecule is COc1ccc(OC[C@@H](O)Cn2cnc3scc(-c4ccc(C)cc4)c3c2=O)cc1. The van der Waals surface area contributed by atoms with Gasteiger partial charge < -0.3 is 14.6 Å². The van der Waals surface area contributed by atoms with Gasteiger partial charge in [-0.15, -0.1) is 11.3 Å². The van der Waals surface area contributed by atoms with Gasteiger partial charge in [0.15, 0.2) is 0 Å². The highest BCUT2D eigenvalue weighted by Crippen LogP contribution is 2.30. The third-order valence-corrected chi connectivity index (χ3v) is 5.72. The second-order valence-electron chi connectivity index (χ2n) is 7.04. The van der Waals surface area contributed by atoms with Gasteiger partial charge >= 0.3 is 0 Å². The predicted molar refractivity (Wildman–Crippen MR) is 119 cm³/mol. The maximum Gasteiger partial charge on any atom is 0.262 e. The molecular formula is C23H22N2O4S. The first-order chi connectivity index (χ1) is 14.5. The number of hydrogen-bond acceptors (Lipinski definition) is 6. The van der Waals surface area contributed by atoms with Gasteiger partial charge in [-0.1, -0.05) is 29.8 Å². The number of benzene rings is 2. The van der Waals surface area contributed by atoms with E-state index in [1.807, 2.05) is 36.6 Å². The average molecular weight is 423 g/mol. The van der Waals surface area contributed by atoms with Crippen molar-refractivity contribution < 1.29 is 14.6 Å². The zero-order chi connectivity index (χ0) is 21.1. The molecule has 0 radical (unpaired) electrons. The summed E-state index contributed by atoms with van der Waals surface area (Å²) in [6.07, 6.45) is 0.627. The first-order valence-corrected chi connectivity index (χ1v) is 10.4. The van der Waals surface area contributed by atoms with Crippen molar-refractivity contribution in [2.24, 2.45) is 0 Å². The summed E-state index contributed by atoms with van der Waals surface area (Å²) in [6.45, 7) is 2.19. The molecule has 7 heteroatoms. The molecule has 0 aliphatic carbocycles. The van der Waals surface area contributed by atoms with Crippen LogP contribution in [0.5, 0.6) is 11.5 Å². The number of aromatic nitrogens is 2. The van der Waals surface area contributed by atoms with Gasteiger partial charge in [-0.05, 0) is 36.8 Å². The van der Waals surface area contributed by atoms with Crippen molar-refractivity contribution in [2.45, 2.75) is 19.6 Å². The molecule has 0 bridgehead atoms. The minimum atomic E-state index is -0.856. The van der Waals surface area contributed by atoms with E-state index < -0.39 is 6.10 Å². The van der Waals surface area contributed by atoms with Gasteiger partial charge in [0.25, 0.3) is 5.56 Å². The van der Waals surface area contributed by atoms with Gasteiger partial charge in [-0.25, -0.2) is 4.98 Å². The fourth-order valence-corrected chi connectivity index (χ4v) is 4.09. The highest BCUT2D eigenvalue weighted by molar-refractivity contribution is 7.17. The number of thiophene rings is 1. The second-order valence-corrected chi connectivity index (χ2v) is 7.90. The number of ether oxygens (including phenoxy) is 2. The number of nitrogens with zero attached hydrogens (tertiary/aromatic N) is 2. The fraction of sp³-hybridized carbons (Fsp3) is 0.217. The van der Waals surface area contributed by atoms with Crippen molar-refractivity contribution in [3.63, 3.8) is 0 Å². The molecule has 0 aliphatic heterocycles. The number of fused-ring (bicyclic) bond motifs is 1. The standard InChI is InChI=1S/C23H22N2O4S/c1-15-3-5-16(6-4-15)20-13-30-22-21(20)23(27)25(14-24-22)11-17(26)12-29-19-9-7-18(28-2)8-10-19/h3-10,13-14,17,26H,11-12H2,1-2H3/t17-/m0/s1. The van der Waals surface area contributed by atoms with E-state index in [9.17, 15) is 9.90 Å². The zero-order valence-corrected chi connectivity index (χ0v) is 17.6. The summed E-state index contributed by atoms with van der Waals surface area (Å²) in [5.74, 6) is 1.35. The molecular weight excluding hydrogens is 400 g/mol. The molecule has 0 unspecified atom stereocenters. The minimum absolute atomic E-state index is 0.0608. The molecule has 0 aliphatic rings. The Bertz CT molecular complexity index is 1200. The lowest BCUT2D eigenvalue weighted by molar-refractivity contribution is 0.0914. The molecule has 6 nitrogen and oxygen atoms in total. The average Bonchev–Trinajstić information content (AvgIpc) is 3.20. The molecule has 4 rings (SSSR count). The van der Waals surface area contributed by atoms with E-state index in [0.29, 0.717) is 16.0 Å². The van der Waals surface area contributed by atoms with Crippen LogP contribution in [0.4, 0.5) is 0 Å². The van der Waals surface area contributed by atoms with Crippen molar-refractivity contribution in [1.82, 2.24) is 9.55 Å². The molecule has 0 saturated heterocycles. The van der Waals surface area contributed by atoms with Crippen LogP contribution >= 0.6 is 11.3 Å². The quantitative estimate of drug-likeness (QED) is 0.489. The highest BCUT2D eigenvalue weighted by atomic mass is 32.1. The summed E-state index contributed by atoms with van der Waals surface area (Å²) < 4.78 is 12.2. The number of methoxy groups -OCH3 is 1. The van der Waals surface area contributed by atoms with E-state index in [1.165, 1.54) is 22.2 Å². The molecule has 1 N–H and O–H groups in total. The Morgan fingerprint density at radius 2 is 1.80 bits per heavy atom. The van der Waals surface area contributed by atoms with Crippen LogP contribution in [0.1, 0.15) is 5.56 Å². The van der Waals surface area contributed by atoms with Crippen LogP contribution < -0.4 is 15.0 Å². The second kappa shape index (κ2) is 8.69. The maximum atomic E-state index is 13.1. The monoisotopic (exact) mass is 422 g/mol. The fourth-order valence-electron chi connectivity index (χ4n) is 3.19. The number of hydrogen-bond donors (Lipinski definition) is 1. The third kappa shape index (κ3) is 4.22. The van der Waals surface area contributed by atoms with Crippen LogP contribution in [0.15, 0.2) is 65.0 Å². The van der Waals surface area contributed by atoms with E-state index in [1.54, 1.807) is 31.4 Å². The lowest BCUT2D eigenvalue weighted by Crippen LogP contribution is -2.30. The van der Waals surface area contributed by atoms with Crippen LogP contribution in [0.2, 0.25) is 0 Å². The van der Waals surface area contributed by atoms with E-state index in [4.69, 9.17) is 9.47 Å². The van der Waals surface area contributed by atoms with Crippen LogP contribution in [0, 0.1) is 6.92 Å². The normalized spacial score (nSPS) is 12.1. The van der Waals surface area contributed by atoms with Crippen molar-refractivity contribution in [3.05, 3.63) is 76.2 Å². The zero-order valence-electron chi connectivity index (χ0n) is 16.7. The summed E-state index contributed by atoms with van der Waals surface area (Å²) in [6, 6.07) is 15.2. The van der Waals surface area contributed by atoms with Crippen molar-refractivity contribution >= 4 is 21.6 Å². The van der Waals surface area contributed by atoms with Crippen LogP contribution in [0.25, 0.3) is 21.3 Å². The summed E-state index contributed by atoms with van der Waals surface area (Å²) in [5, 5.41) is 12.9. The lowest BCUT2D eigenvalue weighted by atomic mass is 10.1. The summed E-state index contributed by atoms with van der Waals surface area (Å²) in [5.41, 5.74) is 2.84. The Hall–Kier alpha value is -3.16. The Morgan fingerprint density at radius 3 is 2.50 bits per heavy atom. The largest absolute Gasteiger partial charge is 0.497 e. The van der Waals surface area contributed by atoms with Crippen molar-refractivity contribution in [2.75, 3.05) is 13.7 Å². The van der Waals surface area contributed by atoms with E-state index >= 15 is 0 Å². The first kappa shape index (κ1) is 20.1. The highest BCUT2D eigenvalue weighted by Gasteiger charge is 2.15. The number of aliphatic hydroxyl groups excluding tert-OH is 1. The first-order valence-electron chi connectivity index (χ1n) is 9.54. The van der Waals surface area contributed by atoms with Crippen LogP contribution in [-0.2, 0) is 6.54 Å². The smallest absolute Gasteiger partial charge is 0.262 e. The predicted octanol–water partition coefficient (Wildman–Crippen LogP) is 3.88. The van der Waals surface area contributed by atoms with Crippen LogP contribution in [0.3, 0.4) is 0 Å². The molecule has 2 aromatic carbocycles. The summed E-state index contributed by atoms with van der Waals surface area (Å²) in [7, 11) is 1.60. The van der Waals surface area contributed by atoms with Crippen molar-refractivity contribution in [3.8, 4) is 22.6 Å². The number of aryl methyl sites for hydroxylation is 1. The molecule has 4 aromatic rings. The molecule has 0 saturated carbocycles. The summed E-state index contributed by atoms with van der Waals surface area (Å²) in [4.78, 5) is 18.2. The molecule has 0 fully saturated rings. The summed E-state index contributed by atoms with van der Waals surface area (Å²) >= 11 is 1.44. The Labute approximate surface area is 178 Å². The lowest BCUT2D eigenvalue weighted by Gasteiger charge is -2.14. The van der Waals surface area contributed by atoms with E-state index in [-0.39, 0.29) is 18.7 Å². The molecule has 30 heavy (non-hydrogen) atoms. The molecule has 154 valence electrons. The van der Waals surface area contributed by atoms with E-state index in [2.05, 4.69) is 4.98 Å². The van der Waals surface area contributed by atoms with Gasteiger partial charge in [0.2, 0.25) is 0 Å². The van der Waals surface area contributed by atoms with E-state index in [0.717, 1.165) is 22.4 Å². The Kier molecular flexibility index (Phi) is 5.83. The van der Waals surface area contributed by atoms with Gasteiger partial charge in [0.1, 0.15) is 29.0 Å². The Morgan fingerprint density at radius 1 is 1.10 bits per heavy atom.